The van der Waals surface area contributed by atoms with Gasteiger partial charge in [-0.05, 0) is 33.6 Å². The highest BCUT2D eigenvalue weighted by Gasteiger charge is 2.06. The second kappa shape index (κ2) is 3.92. The van der Waals surface area contributed by atoms with Gasteiger partial charge in [-0.2, -0.15) is 5.26 Å². The Morgan fingerprint density at radius 2 is 2.08 bits per heavy atom. The summed E-state index contributed by atoms with van der Waals surface area (Å²) >= 11 is 6.67. The van der Waals surface area contributed by atoms with Gasteiger partial charge in [0.25, 0.3) is 0 Å². The molecule has 1 aromatic rings. The summed E-state index contributed by atoms with van der Waals surface area (Å²) in [6, 6.07) is 5.70. The topological polar surface area (TPSA) is 49.8 Å². The molecular weight excluding hydrogens is 284 g/mol. The lowest BCUT2D eigenvalue weighted by Gasteiger charge is -2.05. The molecule has 0 aliphatic heterocycles. The molecule has 0 heterocycles. The van der Waals surface area contributed by atoms with E-state index < -0.39 is 0 Å². The fourth-order valence-electron chi connectivity index (χ4n) is 0.857. The molecule has 0 atom stereocenters. The lowest BCUT2D eigenvalue weighted by molar-refractivity contribution is 1.23. The zero-order valence-corrected chi connectivity index (χ0v) is 9.31. The summed E-state index contributed by atoms with van der Waals surface area (Å²) in [5.41, 5.74) is 7.20. The molecule has 0 saturated carbocycles. The van der Waals surface area contributed by atoms with Crippen LogP contribution in [-0.4, -0.2) is 0 Å². The van der Waals surface area contributed by atoms with Crippen LogP contribution in [0.4, 0.5) is 5.69 Å². The summed E-state index contributed by atoms with van der Waals surface area (Å²) in [5, 5.41) is 8.53. The van der Waals surface area contributed by atoms with Gasteiger partial charge >= 0.3 is 0 Å². The second-order valence-corrected chi connectivity index (χ2v) is 3.91. The highest BCUT2D eigenvalue weighted by molar-refractivity contribution is 9.11. The molecule has 1 rings (SSSR count). The lowest BCUT2D eigenvalue weighted by Crippen LogP contribution is -1.92. The monoisotopic (exact) mass is 288 g/mol. The maximum absolute atomic E-state index is 8.53. The Balaban J connectivity index is 3.25. The minimum Gasteiger partial charge on any atom is -0.398 e. The first kappa shape index (κ1) is 9.56. The Morgan fingerprint density at radius 1 is 1.42 bits per heavy atom. The van der Waals surface area contributed by atoms with Crippen LogP contribution < -0.4 is 5.73 Å². The first-order chi connectivity index (χ1) is 5.66. The summed E-state index contributed by atoms with van der Waals surface area (Å²) in [4.78, 5) is 0. The third-order valence-corrected chi connectivity index (χ3v) is 3.15. The van der Waals surface area contributed by atoms with Crippen molar-refractivity contribution >= 4 is 37.5 Å². The van der Waals surface area contributed by atoms with Crippen LogP contribution in [-0.2, 0) is 6.42 Å². The van der Waals surface area contributed by atoms with Crippen molar-refractivity contribution < 1.29 is 0 Å². The van der Waals surface area contributed by atoms with Crippen LogP contribution in [0.3, 0.4) is 0 Å². The standard InChI is InChI=1S/C8H6Br2N2/c9-6-1-2-7(12)8(10)5(6)3-4-11/h1-2H,3,12H2. The minimum atomic E-state index is 0.353. The number of hydrogen-bond donors (Lipinski definition) is 1. The molecule has 0 aliphatic rings. The molecule has 0 aromatic heterocycles. The Morgan fingerprint density at radius 3 is 2.67 bits per heavy atom. The van der Waals surface area contributed by atoms with Gasteiger partial charge in [-0.1, -0.05) is 15.9 Å². The number of benzene rings is 1. The highest BCUT2D eigenvalue weighted by Crippen LogP contribution is 2.30. The number of nitrogens with zero attached hydrogens (tertiary/aromatic N) is 1. The van der Waals surface area contributed by atoms with Crippen LogP contribution >= 0.6 is 31.9 Å². The largest absolute Gasteiger partial charge is 0.398 e. The third-order valence-electron chi connectivity index (χ3n) is 1.47. The van der Waals surface area contributed by atoms with Crippen LogP contribution in [0.15, 0.2) is 21.1 Å². The minimum absolute atomic E-state index is 0.353. The van der Waals surface area contributed by atoms with Gasteiger partial charge in [0.1, 0.15) is 0 Å². The molecule has 2 N–H and O–H groups in total. The molecule has 0 unspecified atom stereocenters. The first-order valence-corrected chi connectivity index (χ1v) is 4.84. The molecule has 0 bridgehead atoms. The summed E-state index contributed by atoms with van der Waals surface area (Å²) in [6.07, 6.45) is 0.353. The number of rotatable bonds is 1. The van der Waals surface area contributed by atoms with Crippen LogP contribution in [0.25, 0.3) is 0 Å². The smallest absolute Gasteiger partial charge is 0.0670 e. The summed E-state index contributed by atoms with van der Waals surface area (Å²) in [7, 11) is 0. The molecule has 62 valence electrons. The van der Waals surface area contributed by atoms with Crippen molar-refractivity contribution in [2.24, 2.45) is 0 Å². The van der Waals surface area contributed by atoms with Crippen LogP contribution in [0.5, 0.6) is 0 Å². The van der Waals surface area contributed by atoms with Gasteiger partial charge in [-0.3, -0.25) is 0 Å². The van der Waals surface area contributed by atoms with E-state index in [1.165, 1.54) is 0 Å². The number of nitriles is 1. The number of halogens is 2. The quantitative estimate of drug-likeness (QED) is 0.808. The summed E-state index contributed by atoms with van der Waals surface area (Å²) < 4.78 is 1.71. The fraction of sp³-hybridized carbons (Fsp3) is 0.125. The van der Waals surface area contributed by atoms with Crippen molar-refractivity contribution in [3.05, 3.63) is 26.6 Å². The van der Waals surface area contributed by atoms with E-state index in [1.807, 2.05) is 6.07 Å². The maximum atomic E-state index is 8.53. The van der Waals surface area contributed by atoms with E-state index in [4.69, 9.17) is 11.0 Å². The molecule has 4 heteroatoms. The van der Waals surface area contributed by atoms with Gasteiger partial charge < -0.3 is 5.73 Å². The Kier molecular flexibility index (Phi) is 3.12. The Labute approximate surface area is 87.6 Å². The Bertz CT molecular complexity index is 342. The van der Waals surface area contributed by atoms with Gasteiger partial charge in [-0.15, -0.1) is 0 Å². The van der Waals surface area contributed by atoms with E-state index >= 15 is 0 Å². The number of anilines is 1. The SMILES string of the molecule is N#CCc1c(Br)ccc(N)c1Br. The number of nitrogens with two attached hydrogens (primary N) is 1. The Hall–Kier alpha value is -0.530. The molecule has 0 radical (unpaired) electrons. The molecule has 0 aliphatic carbocycles. The second-order valence-electron chi connectivity index (χ2n) is 2.26. The lowest BCUT2D eigenvalue weighted by atomic mass is 10.1. The van der Waals surface area contributed by atoms with Gasteiger partial charge in [0.15, 0.2) is 0 Å². The van der Waals surface area contributed by atoms with Crippen molar-refractivity contribution in [2.75, 3.05) is 5.73 Å². The van der Waals surface area contributed by atoms with Crippen molar-refractivity contribution in [3.8, 4) is 6.07 Å². The molecule has 12 heavy (non-hydrogen) atoms. The van der Waals surface area contributed by atoms with Crippen molar-refractivity contribution in [2.45, 2.75) is 6.42 Å². The molecule has 1 aromatic carbocycles. The van der Waals surface area contributed by atoms with E-state index in [0.29, 0.717) is 12.1 Å². The molecule has 0 spiro atoms. The molecule has 0 fully saturated rings. The summed E-state index contributed by atoms with van der Waals surface area (Å²) in [6.45, 7) is 0. The van der Waals surface area contributed by atoms with Gasteiger partial charge in [0.2, 0.25) is 0 Å². The zero-order valence-electron chi connectivity index (χ0n) is 6.14. The average Bonchev–Trinajstić information content (AvgIpc) is 2.06. The van der Waals surface area contributed by atoms with E-state index in [1.54, 1.807) is 6.07 Å². The maximum Gasteiger partial charge on any atom is 0.0670 e. The molecule has 0 saturated heterocycles. The predicted octanol–water partition coefficient (Wildman–Crippen LogP) is 2.86. The normalized spacial score (nSPS) is 9.42. The van der Waals surface area contributed by atoms with Crippen molar-refractivity contribution in [1.29, 1.82) is 5.26 Å². The van der Waals surface area contributed by atoms with Crippen molar-refractivity contribution in [1.82, 2.24) is 0 Å². The molecular formula is C8H6Br2N2. The van der Waals surface area contributed by atoms with Gasteiger partial charge in [0, 0.05) is 14.6 Å². The van der Waals surface area contributed by atoms with Crippen molar-refractivity contribution in [3.63, 3.8) is 0 Å². The van der Waals surface area contributed by atoms with E-state index in [9.17, 15) is 0 Å². The number of hydrogen-bond acceptors (Lipinski definition) is 2. The van der Waals surface area contributed by atoms with Crippen LogP contribution in [0, 0.1) is 11.3 Å². The first-order valence-electron chi connectivity index (χ1n) is 3.26. The molecule has 0 amide bonds. The van der Waals surface area contributed by atoms with E-state index in [0.717, 1.165) is 14.5 Å². The van der Waals surface area contributed by atoms with Gasteiger partial charge in [0.05, 0.1) is 12.5 Å². The third kappa shape index (κ3) is 1.79. The summed E-state index contributed by atoms with van der Waals surface area (Å²) in [5.74, 6) is 0. The van der Waals surface area contributed by atoms with Crippen LogP contribution in [0.2, 0.25) is 0 Å². The highest BCUT2D eigenvalue weighted by atomic mass is 79.9. The zero-order chi connectivity index (χ0) is 9.14. The van der Waals surface area contributed by atoms with Crippen LogP contribution in [0.1, 0.15) is 5.56 Å². The number of nitrogen functional groups attached to an aromatic ring is 1. The fourth-order valence-corrected chi connectivity index (χ4v) is 2.08. The van der Waals surface area contributed by atoms with Gasteiger partial charge in [-0.25, -0.2) is 0 Å². The average molecular weight is 290 g/mol. The van der Waals surface area contributed by atoms with E-state index in [2.05, 4.69) is 37.9 Å². The predicted molar refractivity (Wildman–Crippen MR) is 55.6 cm³/mol. The van der Waals surface area contributed by atoms with E-state index in [-0.39, 0.29) is 0 Å². The molecule has 2 nitrogen and oxygen atoms in total.